The first kappa shape index (κ1) is 17.0. The summed E-state index contributed by atoms with van der Waals surface area (Å²) in [6.07, 6.45) is 3.02. The van der Waals surface area contributed by atoms with E-state index in [-0.39, 0.29) is 18.3 Å². The van der Waals surface area contributed by atoms with Gasteiger partial charge in [0.1, 0.15) is 5.60 Å². The maximum Gasteiger partial charge on any atom is 0.419 e. The van der Waals surface area contributed by atoms with E-state index in [2.05, 4.69) is 12.1 Å². The number of carbonyl (C=O) groups excluding carboxylic acids is 1. The Bertz CT molecular complexity index is 753. The first-order valence-electron chi connectivity index (χ1n) is 8.27. The fraction of sp³-hybridized carbons (Fsp3) is 0.526. The molecule has 0 fully saturated rings. The molecular formula is C19H25NO4. The minimum Gasteiger partial charge on any atom is -0.443 e. The molecule has 24 heavy (non-hydrogen) atoms. The summed E-state index contributed by atoms with van der Waals surface area (Å²) in [6.45, 7) is 5.62. The smallest absolute Gasteiger partial charge is 0.419 e. The molecule has 0 N–H and O–H groups in total. The van der Waals surface area contributed by atoms with Gasteiger partial charge in [-0.1, -0.05) is 12.1 Å². The fourth-order valence-corrected chi connectivity index (χ4v) is 3.55. The van der Waals surface area contributed by atoms with E-state index in [4.69, 9.17) is 14.2 Å². The molecule has 130 valence electrons. The highest BCUT2D eigenvalue weighted by atomic mass is 16.7. The third kappa shape index (κ3) is 2.94. The lowest BCUT2D eigenvalue weighted by atomic mass is 9.99. The van der Waals surface area contributed by atoms with Gasteiger partial charge in [-0.25, -0.2) is 4.79 Å². The molecule has 2 aromatic rings. The van der Waals surface area contributed by atoms with E-state index < -0.39 is 5.60 Å². The third-order valence-corrected chi connectivity index (χ3v) is 4.48. The number of hydrogen-bond donors (Lipinski definition) is 0. The number of fused-ring (bicyclic) bond motifs is 3. The van der Waals surface area contributed by atoms with Crippen LogP contribution in [0.3, 0.4) is 0 Å². The van der Waals surface area contributed by atoms with Crippen LogP contribution in [-0.4, -0.2) is 36.8 Å². The van der Waals surface area contributed by atoms with Crippen LogP contribution < -0.4 is 0 Å². The maximum atomic E-state index is 12.6. The van der Waals surface area contributed by atoms with Gasteiger partial charge in [0.05, 0.1) is 5.52 Å². The van der Waals surface area contributed by atoms with Crippen molar-refractivity contribution in [2.24, 2.45) is 0 Å². The molecule has 1 aromatic carbocycles. The molecule has 0 spiro atoms. The number of rotatable bonds is 3. The molecule has 1 heterocycles. The van der Waals surface area contributed by atoms with Crippen molar-refractivity contribution >= 4 is 17.0 Å². The Hall–Kier alpha value is -1.85. The van der Waals surface area contributed by atoms with E-state index in [1.807, 2.05) is 26.8 Å². The zero-order chi connectivity index (χ0) is 17.5. The van der Waals surface area contributed by atoms with Crippen LogP contribution in [0.5, 0.6) is 0 Å². The number of hydrogen-bond acceptors (Lipinski definition) is 4. The summed E-state index contributed by atoms with van der Waals surface area (Å²) in [6, 6.07) is 6.13. The van der Waals surface area contributed by atoms with Gasteiger partial charge < -0.3 is 14.2 Å². The van der Waals surface area contributed by atoms with Crippen molar-refractivity contribution in [1.82, 2.24) is 4.57 Å². The zero-order valence-corrected chi connectivity index (χ0v) is 15.0. The summed E-state index contributed by atoms with van der Waals surface area (Å²) in [5.74, 6) is 0.182. The number of aromatic nitrogens is 1. The second kappa shape index (κ2) is 6.22. The Morgan fingerprint density at radius 1 is 1.21 bits per heavy atom. The van der Waals surface area contributed by atoms with Gasteiger partial charge >= 0.3 is 6.09 Å². The highest BCUT2D eigenvalue weighted by Crippen LogP contribution is 2.40. The van der Waals surface area contributed by atoms with Gasteiger partial charge in [0.15, 0.2) is 6.29 Å². The highest BCUT2D eigenvalue weighted by molar-refractivity contribution is 5.93. The second-order valence-corrected chi connectivity index (χ2v) is 7.22. The second-order valence-electron chi connectivity index (χ2n) is 7.22. The standard InChI is InChI=1S/C19H25NO4/c1-19(2,3)24-18(21)20-11-10-12-6-7-13-14(16(12)20)8-9-15(13)17(22-4)23-5/h6-7,10-11,15,17H,8-9H2,1-5H3. The molecule has 1 aliphatic carbocycles. The first-order chi connectivity index (χ1) is 11.4. The summed E-state index contributed by atoms with van der Waals surface area (Å²) in [5, 5.41) is 1.05. The van der Waals surface area contributed by atoms with Gasteiger partial charge in [-0.3, -0.25) is 4.57 Å². The SMILES string of the molecule is COC(OC)C1CCc2c1ccc1ccn(C(=O)OC(C)(C)C)c21. The molecule has 1 unspecified atom stereocenters. The molecule has 0 saturated carbocycles. The molecule has 0 aliphatic heterocycles. The van der Waals surface area contributed by atoms with Crippen LogP contribution in [-0.2, 0) is 20.6 Å². The summed E-state index contributed by atoms with van der Waals surface area (Å²) in [4.78, 5) is 12.6. The molecule has 1 aliphatic rings. The van der Waals surface area contributed by atoms with Gasteiger partial charge in [-0.05, 0) is 50.8 Å². The maximum absolute atomic E-state index is 12.6. The highest BCUT2D eigenvalue weighted by Gasteiger charge is 2.32. The quantitative estimate of drug-likeness (QED) is 0.796. The summed E-state index contributed by atoms with van der Waals surface area (Å²) >= 11 is 0. The molecule has 0 saturated heterocycles. The van der Waals surface area contributed by atoms with Crippen LogP contribution in [0, 0.1) is 0 Å². The van der Waals surface area contributed by atoms with E-state index in [0.717, 1.165) is 23.7 Å². The molecule has 0 amide bonds. The minimum atomic E-state index is -0.522. The number of aryl methyl sites for hydroxylation is 1. The molecule has 1 aromatic heterocycles. The average molecular weight is 331 g/mol. The molecule has 0 radical (unpaired) electrons. The number of ether oxygens (including phenoxy) is 3. The van der Waals surface area contributed by atoms with Crippen molar-refractivity contribution in [2.45, 2.75) is 51.4 Å². The Labute approximate surface area is 142 Å². The minimum absolute atomic E-state index is 0.182. The molecule has 5 heteroatoms. The monoisotopic (exact) mass is 331 g/mol. The summed E-state index contributed by atoms with van der Waals surface area (Å²) in [5.41, 5.74) is 2.80. The number of benzene rings is 1. The number of carbonyl (C=O) groups is 1. The van der Waals surface area contributed by atoms with Crippen molar-refractivity contribution in [2.75, 3.05) is 14.2 Å². The van der Waals surface area contributed by atoms with E-state index >= 15 is 0 Å². The van der Waals surface area contributed by atoms with Gasteiger partial charge in [-0.2, -0.15) is 0 Å². The Kier molecular flexibility index (Phi) is 4.40. The predicted octanol–water partition coefficient (Wildman–Crippen LogP) is 4.07. The van der Waals surface area contributed by atoms with Crippen LogP contribution in [0.1, 0.15) is 44.2 Å². The van der Waals surface area contributed by atoms with Crippen LogP contribution in [0.25, 0.3) is 10.9 Å². The van der Waals surface area contributed by atoms with Crippen molar-refractivity contribution in [3.8, 4) is 0 Å². The topological polar surface area (TPSA) is 49.7 Å². The van der Waals surface area contributed by atoms with E-state index in [1.165, 1.54) is 11.1 Å². The number of methoxy groups -OCH3 is 2. The Morgan fingerprint density at radius 2 is 1.92 bits per heavy atom. The summed E-state index contributed by atoms with van der Waals surface area (Å²) < 4.78 is 18.1. The zero-order valence-electron chi connectivity index (χ0n) is 15.0. The van der Waals surface area contributed by atoms with Crippen LogP contribution >= 0.6 is 0 Å². The van der Waals surface area contributed by atoms with Crippen LogP contribution in [0.4, 0.5) is 4.79 Å². The lowest BCUT2D eigenvalue weighted by Crippen LogP contribution is -2.27. The van der Waals surface area contributed by atoms with Gasteiger partial charge in [-0.15, -0.1) is 0 Å². The predicted molar refractivity (Wildman–Crippen MR) is 92.4 cm³/mol. The van der Waals surface area contributed by atoms with E-state index in [1.54, 1.807) is 25.0 Å². The largest absolute Gasteiger partial charge is 0.443 e. The van der Waals surface area contributed by atoms with Crippen molar-refractivity contribution in [3.05, 3.63) is 35.5 Å². The molecule has 0 bridgehead atoms. The van der Waals surface area contributed by atoms with Gasteiger partial charge in [0, 0.05) is 31.7 Å². The van der Waals surface area contributed by atoms with E-state index in [0.29, 0.717) is 0 Å². The Morgan fingerprint density at radius 3 is 2.54 bits per heavy atom. The average Bonchev–Trinajstić information content (AvgIpc) is 3.10. The lowest BCUT2D eigenvalue weighted by Gasteiger charge is -2.22. The van der Waals surface area contributed by atoms with Crippen LogP contribution in [0.2, 0.25) is 0 Å². The molecule has 1 atom stereocenters. The van der Waals surface area contributed by atoms with E-state index in [9.17, 15) is 4.79 Å². The summed E-state index contributed by atoms with van der Waals surface area (Å²) in [7, 11) is 3.32. The normalized spacial score (nSPS) is 17.5. The fourth-order valence-electron chi connectivity index (χ4n) is 3.55. The van der Waals surface area contributed by atoms with Crippen LogP contribution in [0.15, 0.2) is 24.4 Å². The molecule has 5 nitrogen and oxygen atoms in total. The lowest BCUT2D eigenvalue weighted by molar-refractivity contribution is -0.117. The number of nitrogens with zero attached hydrogens (tertiary/aromatic N) is 1. The van der Waals surface area contributed by atoms with Crippen molar-refractivity contribution in [3.63, 3.8) is 0 Å². The van der Waals surface area contributed by atoms with Gasteiger partial charge in [0.2, 0.25) is 0 Å². The van der Waals surface area contributed by atoms with Gasteiger partial charge in [0.25, 0.3) is 0 Å². The molecule has 3 rings (SSSR count). The molecular weight excluding hydrogens is 306 g/mol. The third-order valence-electron chi connectivity index (χ3n) is 4.48. The van der Waals surface area contributed by atoms with Crippen molar-refractivity contribution < 1.29 is 19.0 Å². The van der Waals surface area contributed by atoms with Crippen molar-refractivity contribution in [1.29, 1.82) is 0 Å². The Balaban J connectivity index is 2.05. The first-order valence-corrected chi connectivity index (χ1v) is 8.27.